The molecule has 1 atom stereocenters. The Kier molecular flexibility index (Phi) is 3.00. The van der Waals surface area contributed by atoms with Crippen molar-refractivity contribution in [2.24, 2.45) is 5.73 Å². The van der Waals surface area contributed by atoms with Gasteiger partial charge in [-0.25, -0.2) is 0 Å². The normalized spacial score (nSPS) is 20.3. The summed E-state index contributed by atoms with van der Waals surface area (Å²) in [4.78, 5) is 11.4. The van der Waals surface area contributed by atoms with Crippen LogP contribution in [0.3, 0.4) is 0 Å². The third-order valence-corrected chi connectivity index (χ3v) is 2.32. The average Bonchev–Trinajstić information content (AvgIpc) is 2.16. The van der Waals surface area contributed by atoms with Crippen molar-refractivity contribution < 1.29 is 23.1 Å². The van der Waals surface area contributed by atoms with Gasteiger partial charge in [0.1, 0.15) is 0 Å². The standard InChI is InChI=1S/C9H11F3N2O2/c1-8(16,9(10,11)12)14-4-2-3-6(5-14)7(13)15/h2-4,16H,5H2,1H3,(H2,13,15). The minimum Gasteiger partial charge on any atom is -0.366 e. The van der Waals surface area contributed by atoms with E-state index in [2.05, 4.69) is 0 Å². The number of halogens is 3. The number of allylic oxidation sites excluding steroid dienone is 2. The summed E-state index contributed by atoms with van der Waals surface area (Å²) in [5.41, 5.74) is 1.93. The quantitative estimate of drug-likeness (QED) is 0.733. The van der Waals surface area contributed by atoms with E-state index in [1.807, 2.05) is 0 Å². The highest BCUT2D eigenvalue weighted by atomic mass is 19.4. The third kappa shape index (κ3) is 2.19. The molecule has 7 heteroatoms. The molecular formula is C9H11F3N2O2. The molecule has 16 heavy (non-hydrogen) atoms. The smallest absolute Gasteiger partial charge is 0.366 e. The molecule has 0 saturated carbocycles. The number of nitrogens with zero attached hydrogens (tertiary/aromatic N) is 1. The summed E-state index contributed by atoms with van der Waals surface area (Å²) in [5.74, 6) is -0.813. The molecule has 1 rings (SSSR count). The molecule has 1 unspecified atom stereocenters. The Balaban J connectivity index is 2.91. The average molecular weight is 236 g/mol. The maximum Gasteiger partial charge on any atom is 0.436 e. The number of rotatable bonds is 2. The number of aliphatic hydroxyl groups is 1. The van der Waals surface area contributed by atoms with Crippen LogP contribution in [0.5, 0.6) is 0 Å². The molecule has 90 valence electrons. The van der Waals surface area contributed by atoms with Gasteiger partial charge in [0.25, 0.3) is 0 Å². The van der Waals surface area contributed by atoms with Crippen LogP contribution in [0.1, 0.15) is 6.92 Å². The van der Waals surface area contributed by atoms with E-state index >= 15 is 0 Å². The zero-order chi connectivity index (χ0) is 12.6. The first-order valence-corrected chi connectivity index (χ1v) is 4.39. The molecule has 4 nitrogen and oxygen atoms in total. The Morgan fingerprint density at radius 1 is 1.56 bits per heavy atom. The first kappa shape index (κ1) is 12.6. The van der Waals surface area contributed by atoms with Crippen LogP contribution in [0.4, 0.5) is 13.2 Å². The summed E-state index contributed by atoms with van der Waals surface area (Å²) in [7, 11) is 0. The molecule has 0 saturated heterocycles. The Labute approximate surface area is 89.8 Å². The van der Waals surface area contributed by atoms with E-state index in [1.54, 1.807) is 0 Å². The van der Waals surface area contributed by atoms with Gasteiger partial charge in [0.05, 0.1) is 6.54 Å². The predicted octanol–water partition coefficient (Wildman–Crippen LogP) is 0.498. The molecule has 1 aliphatic rings. The van der Waals surface area contributed by atoms with E-state index in [9.17, 15) is 23.1 Å². The van der Waals surface area contributed by atoms with Crippen LogP contribution in [-0.4, -0.2) is 34.4 Å². The molecule has 3 N–H and O–H groups in total. The van der Waals surface area contributed by atoms with Gasteiger partial charge >= 0.3 is 6.18 Å². The van der Waals surface area contributed by atoms with Crippen LogP contribution < -0.4 is 5.73 Å². The molecule has 1 amide bonds. The zero-order valence-electron chi connectivity index (χ0n) is 8.45. The number of hydrogen-bond acceptors (Lipinski definition) is 3. The summed E-state index contributed by atoms with van der Waals surface area (Å²) in [6.07, 6.45) is -1.23. The molecule has 0 aliphatic carbocycles. The molecule has 0 spiro atoms. The molecule has 0 fully saturated rings. The monoisotopic (exact) mass is 236 g/mol. The Morgan fingerprint density at radius 2 is 2.12 bits per heavy atom. The maximum absolute atomic E-state index is 12.5. The van der Waals surface area contributed by atoms with Gasteiger partial charge in [0, 0.05) is 11.8 Å². The van der Waals surface area contributed by atoms with Gasteiger partial charge in [-0.1, -0.05) is 6.08 Å². The summed E-state index contributed by atoms with van der Waals surface area (Å²) in [6, 6.07) is 0. The van der Waals surface area contributed by atoms with Crippen LogP contribution in [0.25, 0.3) is 0 Å². The number of amides is 1. The molecule has 0 bridgehead atoms. The molecule has 0 aromatic heterocycles. The number of carbonyl (C=O) groups is 1. The summed E-state index contributed by atoms with van der Waals surface area (Å²) in [6.45, 7) is 0.236. The fourth-order valence-corrected chi connectivity index (χ4v) is 1.17. The molecule has 0 radical (unpaired) electrons. The van der Waals surface area contributed by atoms with E-state index in [1.165, 1.54) is 12.2 Å². The summed E-state index contributed by atoms with van der Waals surface area (Å²) in [5, 5.41) is 9.35. The first-order chi connectivity index (χ1) is 7.16. The Hall–Kier alpha value is -1.50. The van der Waals surface area contributed by atoms with Crippen LogP contribution in [0, 0.1) is 0 Å². The number of alkyl halides is 3. The SMILES string of the molecule is CC(O)(N1C=CC=C(C(N)=O)C1)C(F)(F)F. The lowest BCUT2D eigenvalue weighted by atomic mass is 10.1. The second-order valence-corrected chi connectivity index (χ2v) is 3.54. The van der Waals surface area contributed by atoms with Crippen molar-refractivity contribution in [2.45, 2.75) is 18.8 Å². The summed E-state index contributed by atoms with van der Waals surface area (Å²) < 4.78 is 37.5. The summed E-state index contributed by atoms with van der Waals surface area (Å²) >= 11 is 0. The topological polar surface area (TPSA) is 66.6 Å². The Morgan fingerprint density at radius 3 is 2.56 bits per heavy atom. The van der Waals surface area contributed by atoms with Crippen LogP contribution in [-0.2, 0) is 4.79 Å². The fraction of sp³-hybridized carbons (Fsp3) is 0.444. The van der Waals surface area contributed by atoms with E-state index in [0.717, 1.165) is 6.20 Å². The zero-order valence-corrected chi connectivity index (χ0v) is 8.45. The molecule has 0 aromatic rings. The first-order valence-electron chi connectivity index (χ1n) is 4.39. The fourth-order valence-electron chi connectivity index (χ4n) is 1.17. The van der Waals surface area contributed by atoms with Crippen molar-refractivity contribution in [3.63, 3.8) is 0 Å². The molecule has 1 heterocycles. The van der Waals surface area contributed by atoms with Crippen molar-refractivity contribution >= 4 is 5.91 Å². The largest absolute Gasteiger partial charge is 0.436 e. The number of nitrogens with two attached hydrogens (primary N) is 1. The van der Waals surface area contributed by atoms with Crippen molar-refractivity contribution in [1.29, 1.82) is 0 Å². The van der Waals surface area contributed by atoms with Crippen molar-refractivity contribution in [2.75, 3.05) is 6.54 Å². The number of hydrogen-bond donors (Lipinski definition) is 2. The second kappa shape index (κ2) is 3.82. The van der Waals surface area contributed by atoms with Crippen molar-refractivity contribution in [3.8, 4) is 0 Å². The minimum atomic E-state index is -4.82. The van der Waals surface area contributed by atoms with Gasteiger partial charge in [-0.15, -0.1) is 0 Å². The van der Waals surface area contributed by atoms with Gasteiger partial charge in [0.15, 0.2) is 0 Å². The lowest BCUT2D eigenvalue weighted by Crippen LogP contribution is -2.55. The number of carbonyl (C=O) groups excluding carboxylic acids is 1. The lowest BCUT2D eigenvalue weighted by molar-refractivity contribution is -0.297. The highest BCUT2D eigenvalue weighted by Crippen LogP contribution is 2.34. The van der Waals surface area contributed by atoms with Gasteiger partial charge in [-0.05, 0) is 13.0 Å². The molecular weight excluding hydrogens is 225 g/mol. The van der Waals surface area contributed by atoms with E-state index in [-0.39, 0.29) is 12.1 Å². The van der Waals surface area contributed by atoms with E-state index in [0.29, 0.717) is 11.8 Å². The molecule has 1 aliphatic heterocycles. The van der Waals surface area contributed by atoms with Crippen LogP contribution >= 0.6 is 0 Å². The minimum absolute atomic E-state index is 0.00650. The van der Waals surface area contributed by atoms with Crippen molar-refractivity contribution in [3.05, 3.63) is 23.9 Å². The van der Waals surface area contributed by atoms with Gasteiger partial charge in [0.2, 0.25) is 11.6 Å². The van der Waals surface area contributed by atoms with Gasteiger partial charge in [-0.3, -0.25) is 4.79 Å². The van der Waals surface area contributed by atoms with Crippen molar-refractivity contribution in [1.82, 2.24) is 4.90 Å². The van der Waals surface area contributed by atoms with Gasteiger partial charge in [-0.2, -0.15) is 13.2 Å². The Bertz CT molecular complexity index is 358. The van der Waals surface area contributed by atoms with Gasteiger partial charge < -0.3 is 15.7 Å². The highest BCUT2D eigenvalue weighted by Gasteiger charge is 2.53. The van der Waals surface area contributed by atoms with Crippen LogP contribution in [0.2, 0.25) is 0 Å². The maximum atomic E-state index is 12.5. The highest BCUT2D eigenvalue weighted by molar-refractivity contribution is 5.92. The lowest BCUT2D eigenvalue weighted by Gasteiger charge is -2.38. The van der Waals surface area contributed by atoms with Crippen LogP contribution in [0.15, 0.2) is 23.9 Å². The van der Waals surface area contributed by atoms with E-state index < -0.39 is 17.8 Å². The van der Waals surface area contributed by atoms with E-state index in [4.69, 9.17) is 5.73 Å². The molecule has 0 aromatic carbocycles. The predicted molar refractivity (Wildman–Crippen MR) is 49.8 cm³/mol. The second-order valence-electron chi connectivity index (χ2n) is 3.54. The third-order valence-electron chi connectivity index (χ3n) is 2.32. The number of primary amides is 1.